The standard InChI is InChI=1S/C13H15NO2/c1-2-12-6-7-13(16-12)9-14-10-4-3-5-11(15)8-10/h3-8,14-15H,2,9H2,1H3. The number of nitrogens with one attached hydrogen (secondary N) is 1. The Morgan fingerprint density at radius 1 is 1.19 bits per heavy atom. The van der Waals surface area contributed by atoms with Crippen molar-refractivity contribution < 1.29 is 9.52 Å². The molecule has 0 amide bonds. The van der Waals surface area contributed by atoms with Crippen LogP contribution in [0.1, 0.15) is 18.4 Å². The van der Waals surface area contributed by atoms with Crippen molar-refractivity contribution in [2.45, 2.75) is 19.9 Å². The van der Waals surface area contributed by atoms with Crippen molar-refractivity contribution in [1.29, 1.82) is 0 Å². The van der Waals surface area contributed by atoms with Gasteiger partial charge in [-0.2, -0.15) is 0 Å². The number of anilines is 1. The van der Waals surface area contributed by atoms with E-state index >= 15 is 0 Å². The van der Waals surface area contributed by atoms with Crippen LogP contribution in [-0.4, -0.2) is 5.11 Å². The molecule has 3 heteroatoms. The first-order valence-corrected chi connectivity index (χ1v) is 5.38. The lowest BCUT2D eigenvalue weighted by Crippen LogP contribution is -1.97. The number of aromatic hydroxyl groups is 1. The molecule has 0 saturated carbocycles. The lowest BCUT2D eigenvalue weighted by molar-refractivity contribution is 0.473. The van der Waals surface area contributed by atoms with E-state index < -0.39 is 0 Å². The fraction of sp³-hybridized carbons (Fsp3) is 0.231. The van der Waals surface area contributed by atoms with Gasteiger partial charge in [-0.1, -0.05) is 13.0 Å². The Kier molecular flexibility index (Phi) is 3.15. The molecule has 84 valence electrons. The molecule has 0 aliphatic heterocycles. The number of hydrogen-bond donors (Lipinski definition) is 2. The highest BCUT2D eigenvalue weighted by molar-refractivity contribution is 5.47. The van der Waals surface area contributed by atoms with Gasteiger partial charge in [0.2, 0.25) is 0 Å². The molecule has 3 nitrogen and oxygen atoms in total. The molecule has 0 radical (unpaired) electrons. The summed E-state index contributed by atoms with van der Waals surface area (Å²) in [7, 11) is 0. The summed E-state index contributed by atoms with van der Waals surface area (Å²) in [6, 6.07) is 11.0. The Morgan fingerprint density at radius 3 is 2.69 bits per heavy atom. The first-order valence-electron chi connectivity index (χ1n) is 5.38. The van der Waals surface area contributed by atoms with Gasteiger partial charge in [0.05, 0.1) is 6.54 Å². The number of phenols is 1. The third-order valence-electron chi connectivity index (χ3n) is 2.38. The summed E-state index contributed by atoms with van der Waals surface area (Å²) in [6.07, 6.45) is 0.909. The van der Waals surface area contributed by atoms with Gasteiger partial charge in [-0.3, -0.25) is 0 Å². The minimum Gasteiger partial charge on any atom is -0.508 e. The van der Waals surface area contributed by atoms with Gasteiger partial charge in [-0.05, 0) is 24.3 Å². The molecule has 0 aliphatic carbocycles. The first kappa shape index (κ1) is 10.6. The summed E-state index contributed by atoms with van der Waals surface area (Å²) < 4.78 is 5.56. The largest absolute Gasteiger partial charge is 0.508 e. The monoisotopic (exact) mass is 217 g/mol. The highest BCUT2D eigenvalue weighted by atomic mass is 16.3. The van der Waals surface area contributed by atoms with Gasteiger partial charge < -0.3 is 14.8 Å². The highest BCUT2D eigenvalue weighted by Gasteiger charge is 2.00. The Bertz CT molecular complexity index is 462. The van der Waals surface area contributed by atoms with Crippen LogP contribution in [0.25, 0.3) is 0 Å². The zero-order valence-electron chi connectivity index (χ0n) is 9.23. The van der Waals surface area contributed by atoms with Crippen LogP contribution in [0.2, 0.25) is 0 Å². The number of phenolic OH excluding ortho intramolecular Hbond substituents is 1. The quantitative estimate of drug-likeness (QED) is 0.826. The maximum atomic E-state index is 9.29. The molecular formula is C13H15NO2. The summed E-state index contributed by atoms with van der Waals surface area (Å²) in [4.78, 5) is 0. The molecule has 1 heterocycles. The van der Waals surface area contributed by atoms with E-state index in [4.69, 9.17) is 4.42 Å². The average Bonchev–Trinajstić information content (AvgIpc) is 2.74. The van der Waals surface area contributed by atoms with Crippen molar-refractivity contribution in [3.8, 4) is 5.75 Å². The fourth-order valence-electron chi connectivity index (χ4n) is 1.51. The molecule has 2 aromatic rings. The van der Waals surface area contributed by atoms with Crippen molar-refractivity contribution in [3.63, 3.8) is 0 Å². The average molecular weight is 217 g/mol. The number of furan rings is 1. The van der Waals surface area contributed by atoms with Gasteiger partial charge in [0.1, 0.15) is 17.3 Å². The van der Waals surface area contributed by atoms with Crippen LogP contribution in [0.4, 0.5) is 5.69 Å². The topological polar surface area (TPSA) is 45.4 Å². The molecule has 1 aromatic heterocycles. The normalized spacial score (nSPS) is 10.3. The first-order chi connectivity index (χ1) is 7.78. The predicted octanol–water partition coefficient (Wildman–Crippen LogP) is 3.16. The van der Waals surface area contributed by atoms with Crippen molar-refractivity contribution >= 4 is 5.69 Å². The number of aryl methyl sites for hydroxylation is 1. The van der Waals surface area contributed by atoms with E-state index in [1.165, 1.54) is 0 Å². The van der Waals surface area contributed by atoms with Crippen LogP contribution in [0, 0.1) is 0 Å². The van der Waals surface area contributed by atoms with Crippen molar-refractivity contribution in [3.05, 3.63) is 47.9 Å². The summed E-state index contributed by atoms with van der Waals surface area (Å²) in [6.45, 7) is 2.69. The van der Waals surface area contributed by atoms with E-state index in [9.17, 15) is 5.11 Å². The van der Waals surface area contributed by atoms with E-state index in [0.29, 0.717) is 6.54 Å². The van der Waals surface area contributed by atoms with E-state index in [0.717, 1.165) is 23.6 Å². The summed E-state index contributed by atoms with van der Waals surface area (Å²) in [5.41, 5.74) is 0.884. The Labute approximate surface area is 94.7 Å². The molecule has 16 heavy (non-hydrogen) atoms. The van der Waals surface area contributed by atoms with E-state index in [-0.39, 0.29) is 5.75 Å². The molecule has 0 unspecified atom stereocenters. The second-order valence-corrected chi connectivity index (χ2v) is 3.63. The summed E-state index contributed by atoms with van der Waals surface area (Å²) >= 11 is 0. The van der Waals surface area contributed by atoms with Crippen molar-refractivity contribution in [1.82, 2.24) is 0 Å². The molecule has 0 saturated heterocycles. The Hall–Kier alpha value is -1.90. The zero-order valence-corrected chi connectivity index (χ0v) is 9.23. The molecular weight excluding hydrogens is 202 g/mol. The Balaban J connectivity index is 1.96. The molecule has 0 fully saturated rings. The molecule has 0 aliphatic rings. The smallest absolute Gasteiger partial charge is 0.123 e. The third-order valence-corrected chi connectivity index (χ3v) is 2.38. The molecule has 2 N–H and O–H groups in total. The van der Waals surface area contributed by atoms with Gasteiger partial charge >= 0.3 is 0 Å². The van der Waals surface area contributed by atoms with Gasteiger partial charge in [0.25, 0.3) is 0 Å². The summed E-state index contributed by atoms with van der Waals surface area (Å²) in [5, 5.41) is 12.5. The van der Waals surface area contributed by atoms with Crippen molar-refractivity contribution in [2.24, 2.45) is 0 Å². The van der Waals surface area contributed by atoms with Crippen molar-refractivity contribution in [2.75, 3.05) is 5.32 Å². The zero-order chi connectivity index (χ0) is 11.4. The fourth-order valence-corrected chi connectivity index (χ4v) is 1.51. The molecule has 2 rings (SSSR count). The number of hydrogen-bond acceptors (Lipinski definition) is 3. The molecule has 0 spiro atoms. The number of benzene rings is 1. The minimum absolute atomic E-state index is 0.263. The molecule has 0 bridgehead atoms. The van der Waals surface area contributed by atoms with Crippen LogP contribution in [0.5, 0.6) is 5.75 Å². The van der Waals surface area contributed by atoms with Crippen LogP contribution in [-0.2, 0) is 13.0 Å². The third kappa shape index (κ3) is 2.57. The van der Waals surface area contributed by atoms with Gasteiger partial charge in [-0.25, -0.2) is 0 Å². The van der Waals surface area contributed by atoms with Gasteiger partial charge in [0, 0.05) is 18.2 Å². The van der Waals surface area contributed by atoms with E-state index in [1.54, 1.807) is 18.2 Å². The molecule has 1 aromatic carbocycles. The van der Waals surface area contributed by atoms with Crippen LogP contribution in [0.3, 0.4) is 0 Å². The van der Waals surface area contributed by atoms with E-state index in [1.807, 2.05) is 18.2 Å². The van der Waals surface area contributed by atoms with Crippen LogP contribution < -0.4 is 5.32 Å². The maximum absolute atomic E-state index is 9.29. The highest BCUT2D eigenvalue weighted by Crippen LogP contribution is 2.17. The minimum atomic E-state index is 0.263. The number of rotatable bonds is 4. The van der Waals surface area contributed by atoms with Gasteiger partial charge in [-0.15, -0.1) is 0 Å². The second kappa shape index (κ2) is 4.75. The lowest BCUT2D eigenvalue weighted by Gasteiger charge is -2.04. The second-order valence-electron chi connectivity index (χ2n) is 3.63. The van der Waals surface area contributed by atoms with Gasteiger partial charge in [0.15, 0.2) is 0 Å². The van der Waals surface area contributed by atoms with Crippen LogP contribution >= 0.6 is 0 Å². The Morgan fingerprint density at radius 2 is 2.00 bits per heavy atom. The maximum Gasteiger partial charge on any atom is 0.123 e. The SMILES string of the molecule is CCc1ccc(CNc2cccc(O)c2)o1. The summed E-state index contributed by atoms with van der Waals surface area (Å²) in [5.74, 6) is 2.16. The van der Waals surface area contributed by atoms with Crippen LogP contribution in [0.15, 0.2) is 40.8 Å². The lowest BCUT2D eigenvalue weighted by atomic mass is 10.3. The predicted molar refractivity (Wildman–Crippen MR) is 63.5 cm³/mol. The van der Waals surface area contributed by atoms with E-state index in [2.05, 4.69) is 12.2 Å². The molecule has 0 atom stereocenters.